The summed E-state index contributed by atoms with van der Waals surface area (Å²) in [5.74, 6) is 0. The fourth-order valence-corrected chi connectivity index (χ4v) is 1.94. The predicted octanol–water partition coefficient (Wildman–Crippen LogP) is 3.53. The van der Waals surface area contributed by atoms with Crippen molar-refractivity contribution >= 4 is 0 Å². The van der Waals surface area contributed by atoms with E-state index >= 15 is 0 Å². The Labute approximate surface area is 64.3 Å². The summed E-state index contributed by atoms with van der Waals surface area (Å²) in [4.78, 5) is 0. The molecule has 1 rings (SSSR count). The molecule has 10 heavy (non-hydrogen) atoms. The third-order valence-electron chi connectivity index (χ3n) is 2.49. The van der Waals surface area contributed by atoms with Crippen LogP contribution in [0.3, 0.4) is 0 Å². The highest BCUT2D eigenvalue weighted by Gasteiger charge is 2.33. The second-order valence-corrected chi connectivity index (χ2v) is 4.02. The molecular formula is C10H18. The number of rotatable bonds is 3. The standard InChI is InChI=1S/C10H18/c1-4-5-6-10(3)7-9(2)8-10/h2,4-8H2,1,3H3. The Morgan fingerprint density at radius 2 is 2.10 bits per heavy atom. The molecule has 58 valence electrons. The minimum absolute atomic E-state index is 0.646. The van der Waals surface area contributed by atoms with E-state index in [0.717, 1.165) is 0 Å². The molecule has 0 aromatic rings. The van der Waals surface area contributed by atoms with Crippen LogP contribution < -0.4 is 0 Å². The summed E-state index contributed by atoms with van der Waals surface area (Å²) in [5, 5.41) is 0. The molecule has 0 aromatic heterocycles. The molecular weight excluding hydrogens is 120 g/mol. The Morgan fingerprint density at radius 1 is 1.50 bits per heavy atom. The van der Waals surface area contributed by atoms with Gasteiger partial charge in [0.05, 0.1) is 0 Å². The van der Waals surface area contributed by atoms with E-state index in [1.54, 1.807) is 0 Å². The summed E-state index contributed by atoms with van der Waals surface area (Å²) in [6.45, 7) is 8.61. The molecule has 0 saturated heterocycles. The zero-order valence-corrected chi connectivity index (χ0v) is 7.24. The minimum atomic E-state index is 0.646. The van der Waals surface area contributed by atoms with Crippen molar-refractivity contribution in [2.75, 3.05) is 0 Å². The average Bonchev–Trinajstić information content (AvgIpc) is 1.81. The Hall–Kier alpha value is -0.260. The second-order valence-electron chi connectivity index (χ2n) is 4.02. The Balaban J connectivity index is 2.21. The quantitative estimate of drug-likeness (QED) is 0.523. The van der Waals surface area contributed by atoms with E-state index in [-0.39, 0.29) is 0 Å². The van der Waals surface area contributed by atoms with Crippen LogP contribution in [-0.2, 0) is 0 Å². The van der Waals surface area contributed by atoms with Crippen molar-refractivity contribution in [1.82, 2.24) is 0 Å². The Bertz CT molecular complexity index is 125. The van der Waals surface area contributed by atoms with Crippen molar-refractivity contribution in [1.29, 1.82) is 0 Å². The molecule has 0 radical (unpaired) electrons. The molecule has 0 nitrogen and oxygen atoms in total. The molecule has 0 aromatic carbocycles. The maximum absolute atomic E-state index is 3.96. The summed E-state index contributed by atoms with van der Waals surface area (Å²) in [5.41, 5.74) is 2.10. The molecule has 0 N–H and O–H groups in total. The first kappa shape index (κ1) is 7.84. The van der Waals surface area contributed by atoms with Crippen LogP contribution in [0.25, 0.3) is 0 Å². The van der Waals surface area contributed by atoms with E-state index in [1.165, 1.54) is 37.7 Å². The highest BCUT2D eigenvalue weighted by Crippen LogP contribution is 2.47. The van der Waals surface area contributed by atoms with Gasteiger partial charge in [0.25, 0.3) is 0 Å². The van der Waals surface area contributed by atoms with E-state index in [1.807, 2.05) is 0 Å². The lowest BCUT2D eigenvalue weighted by molar-refractivity contribution is 0.212. The van der Waals surface area contributed by atoms with Crippen molar-refractivity contribution in [3.8, 4) is 0 Å². The van der Waals surface area contributed by atoms with Crippen molar-refractivity contribution in [2.24, 2.45) is 5.41 Å². The fraction of sp³-hybridized carbons (Fsp3) is 0.800. The topological polar surface area (TPSA) is 0 Å². The fourth-order valence-electron chi connectivity index (χ4n) is 1.94. The van der Waals surface area contributed by atoms with Crippen LogP contribution in [0.2, 0.25) is 0 Å². The van der Waals surface area contributed by atoms with E-state index in [4.69, 9.17) is 0 Å². The lowest BCUT2D eigenvalue weighted by Crippen LogP contribution is -2.27. The highest BCUT2D eigenvalue weighted by molar-refractivity contribution is 5.13. The van der Waals surface area contributed by atoms with Gasteiger partial charge in [-0.15, -0.1) is 0 Å². The molecule has 0 amide bonds. The monoisotopic (exact) mass is 138 g/mol. The van der Waals surface area contributed by atoms with Gasteiger partial charge in [-0.25, -0.2) is 0 Å². The molecule has 0 aliphatic heterocycles. The molecule has 0 heterocycles. The van der Waals surface area contributed by atoms with Gasteiger partial charge in [0.1, 0.15) is 0 Å². The lowest BCUT2D eigenvalue weighted by atomic mass is 9.65. The molecule has 1 saturated carbocycles. The molecule has 0 atom stereocenters. The van der Waals surface area contributed by atoms with Gasteiger partial charge < -0.3 is 0 Å². The summed E-state index contributed by atoms with van der Waals surface area (Å²) >= 11 is 0. The van der Waals surface area contributed by atoms with E-state index < -0.39 is 0 Å². The van der Waals surface area contributed by atoms with Gasteiger partial charge in [0, 0.05) is 0 Å². The van der Waals surface area contributed by atoms with Crippen LogP contribution in [0, 0.1) is 5.41 Å². The van der Waals surface area contributed by atoms with Crippen LogP contribution in [0.5, 0.6) is 0 Å². The normalized spacial score (nSPS) is 22.4. The van der Waals surface area contributed by atoms with E-state index in [9.17, 15) is 0 Å². The van der Waals surface area contributed by atoms with Crippen molar-refractivity contribution in [3.63, 3.8) is 0 Å². The number of hydrogen-bond donors (Lipinski definition) is 0. The number of hydrogen-bond acceptors (Lipinski definition) is 0. The van der Waals surface area contributed by atoms with Gasteiger partial charge in [-0.3, -0.25) is 0 Å². The molecule has 0 heteroatoms. The van der Waals surface area contributed by atoms with Gasteiger partial charge >= 0.3 is 0 Å². The van der Waals surface area contributed by atoms with Crippen molar-refractivity contribution in [2.45, 2.75) is 46.0 Å². The number of unbranched alkanes of at least 4 members (excludes halogenated alkanes) is 1. The summed E-state index contributed by atoms with van der Waals surface area (Å²) < 4.78 is 0. The second kappa shape index (κ2) is 2.77. The number of allylic oxidation sites excluding steroid dienone is 1. The van der Waals surface area contributed by atoms with Crippen LogP contribution in [0.4, 0.5) is 0 Å². The van der Waals surface area contributed by atoms with Gasteiger partial charge in [-0.05, 0) is 24.7 Å². The molecule has 1 aliphatic rings. The molecule has 0 bridgehead atoms. The third kappa shape index (κ3) is 1.62. The summed E-state index contributed by atoms with van der Waals surface area (Å²) in [6.07, 6.45) is 6.70. The zero-order valence-electron chi connectivity index (χ0n) is 7.24. The molecule has 0 unspecified atom stereocenters. The first-order chi connectivity index (χ1) is 4.66. The largest absolute Gasteiger partial charge is 0.0998 e. The van der Waals surface area contributed by atoms with Gasteiger partial charge in [0.15, 0.2) is 0 Å². The lowest BCUT2D eigenvalue weighted by Gasteiger charge is -2.40. The van der Waals surface area contributed by atoms with Crippen molar-refractivity contribution < 1.29 is 0 Å². The smallest absolute Gasteiger partial charge is 0.0252 e. The van der Waals surface area contributed by atoms with Crippen molar-refractivity contribution in [3.05, 3.63) is 12.2 Å². The highest BCUT2D eigenvalue weighted by atomic mass is 14.4. The van der Waals surface area contributed by atoms with Gasteiger partial charge in [-0.1, -0.05) is 38.8 Å². The maximum atomic E-state index is 3.96. The first-order valence-corrected chi connectivity index (χ1v) is 4.33. The maximum Gasteiger partial charge on any atom is -0.0252 e. The molecule has 1 fully saturated rings. The van der Waals surface area contributed by atoms with Crippen LogP contribution in [-0.4, -0.2) is 0 Å². The Morgan fingerprint density at radius 3 is 2.50 bits per heavy atom. The van der Waals surface area contributed by atoms with Gasteiger partial charge in [-0.2, -0.15) is 0 Å². The summed E-state index contributed by atoms with van der Waals surface area (Å²) in [6, 6.07) is 0. The van der Waals surface area contributed by atoms with E-state index in [0.29, 0.717) is 5.41 Å². The molecule has 0 spiro atoms. The predicted molar refractivity (Wildman–Crippen MR) is 46.0 cm³/mol. The zero-order chi connectivity index (χ0) is 7.61. The SMILES string of the molecule is C=C1CC(C)(CCCC)C1. The molecule has 1 aliphatic carbocycles. The van der Waals surface area contributed by atoms with Gasteiger partial charge in [0.2, 0.25) is 0 Å². The Kier molecular flexibility index (Phi) is 2.18. The third-order valence-corrected chi connectivity index (χ3v) is 2.49. The van der Waals surface area contributed by atoms with Crippen LogP contribution in [0.1, 0.15) is 46.0 Å². The minimum Gasteiger partial charge on any atom is -0.0998 e. The van der Waals surface area contributed by atoms with Crippen LogP contribution >= 0.6 is 0 Å². The average molecular weight is 138 g/mol. The summed E-state index contributed by atoms with van der Waals surface area (Å²) in [7, 11) is 0. The van der Waals surface area contributed by atoms with E-state index in [2.05, 4.69) is 20.4 Å². The van der Waals surface area contributed by atoms with Crippen LogP contribution in [0.15, 0.2) is 12.2 Å². The first-order valence-electron chi connectivity index (χ1n) is 4.33.